The molecule has 0 saturated heterocycles. The molecule has 3 aromatic rings. The van der Waals surface area contributed by atoms with E-state index in [0.717, 1.165) is 53.7 Å². The third-order valence-corrected chi connectivity index (χ3v) is 4.79. The fourth-order valence-corrected chi connectivity index (χ4v) is 3.53. The Bertz CT molecular complexity index is 936. The van der Waals surface area contributed by atoms with Crippen LogP contribution in [0.2, 0.25) is 0 Å². The van der Waals surface area contributed by atoms with Crippen molar-refractivity contribution in [3.63, 3.8) is 0 Å². The van der Waals surface area contributed by atoms with Gasteiger partial charge < -0.3 is 9.88 Å². The van der Waals surface area contributed by atoms with E-state index in [-0.39, 0.29) is 5.91 Å². The second-order valence-corrected chi connectivity index (χ2v) is 6.90. The molecule has 1 aliphatic rings. The number of hydrogen-bond acceptors (Lipinski definition) is 3. The van der Waals surface area contributed by atoms with Gasteiger partial charge in [-0.25, -0.2) is 9.67 Å². The van der Waals surface area contributed by atoms with E-state index >= 15 is 0 Å². The van der Waals surface area contributed by atoms with Crippen molar-refractivity contribution >= 4 is 11.7 Å². The number of benzene rings is 1. The highest BCUT2D eigenvalue weighted by Gasteiger charge is 2.15. The van der Waals surface area contributed by atoms with Gasteiger partial charge in [-0.15, -0.1) is 0 Å². The molecule has 6 heteroatoms. The number of carbonyl (C=O) groups excluding carboxylic acids is 1. The Labute approximate surface area is 152 Å². The van der Waals surface area contributed by atoms with Crippen LogP contribution in [-0.4, -0.2) is 25.2 Å². The maximum Gasteiger partial charge on any atom is 0.229 e. The van der Waals surface area contributed by atoms with Gasteiger partial charge in [-0.3, -0.25) is 4.79 Å². The quantitative estimate of drug-likeness (QED) is 0.787. The maximum absolute atomic E-state index is 12.4. The molecule has 0 saturated carbocycles. The van der Waals surface area contributed by atoms with Crippen molar-refractivity contribution in [1.82, 2.24) is 19.3 Å². The fraction of sp³-hybridized carbons (Fsp3) is 0.350. The number of aryl methyl sites for hydroxylation is 3. The number of nitrogens with zero attached hydrogens (tertiary/aromatic N) is 4. The molecule has 0 radical (unpaired) electrons. The Morgan fingerprint density at radius 3 is 2.73 bits per heavy atom. The number of carbonyl (C=O) groups is 1. The minimum absolute atomic E-state index is 0.0165. The summed E-state index contributed by atoms with van der Waals surface area (Å²) in [5, 5.41) is 7.49. The number of fused-ring (bicyclic) bond motifs is 1. The SMILES string of the molecule is Cc1cc(C)n(-c2ccc(CC(=O)Nc3cnc4n3CCCC4)cc2)n1. The minimum atomic E-state index is -0.0165. The van der Waals surface area contributed by atoms with Crippen LogP contribution in [0.3, 0.4) is 0 Å². The smallest absolute Gasteiger partial charge is 0.229 e. The first-order chi connectivity index (χ1) is 12.6. The highest BCUT2D eigenvalue weighted by molar-refractivity contribution is 5.91. The Morgan fingerprint density at radius 1 is 1.19 bits per heavy atom. The van der Waals surface area contributed by atoms with E-state index in [9.17, 15) is 4.79 Å². The zero-order chi connectivity index (χ0) is 18.1. The lowest BCUT2D eigenvalue weighted by Gasteiger charge is -2.16. The van der Waals surface area contributed by atoms with Crippen LogP contribution in [0, 0.1) is 13.8 Å². The highest BCUT2D eigenvalue weighted by Crippen LogP contribution is 2.20. The van der Waals surface area contributed by atoms with E-state index in [1.807, 2.05) is 48.9 Å². The molecule has 6 nitrogen and oxygen atoms in total. The van der Waals surface area contributed by atoms with Crippen LogP contribution < -0.4 is 5.32 Å². The number of hydrogen-bond donors (Lipinski definition) is 1. The van der Waals surface area contributed by atoms with Crippen LogP contribution in [0.1, 0.15) is 35.6 Å². The number of rotatable bonds is 4. The van der Waals surface area contributed by atoms with Crippen LogP contribution in [-0.2, 0) is 24.2 Å². The predicted molar refractivity (Wildman–Crippen MR) is 101 cm³/mol. The lowest BCUT2D eigenvalue weighted by Crippen LogP contribution is -2.19. The van der Waals surface area contributed by atoms with Gasteiger partial charge in [0.2, 0.25) is 5.91 Å². The summed E-state index contributed by atoms with van der Waals surface area (Å²) in [5.74, 6) is 1.86. The standard InChI is InChI=1S/C20H23N5O/c1-14-11-15(2)25(23-14)17-8-6-16(7-9-17)12-20(26)22-19-13-21-18-5-3-4-10-24(18)19/h6-9,11,13H,3-5,10,12H2,1-2H3,(H,22,26). The Balaban J connectivity index is 1.43. The molecule has 0 bridgehead atoms. The summed E-state index contributed by atoms with van der Waals surface area (Å²) in [6, 6.07) is 10.0. The van der Waals surface area contributed by atoms with E-state index in [1.165, 1.54) is 6.42 Å². The summed E-state index contributed by atoms with van der Waals surface area (Å²) in [6.45, 7) is 4.95. The molecule has 0 aliphatic carbocycles. The van der Waals surface area contributed by atoms with Gasteiger partial charge in [0.25, 0.3) is 0 Å². The highest BCUT2D eigenvalue weighted by atomic mass is 16.1. The van der Waals surface area contributed by atoms with E-state index < -0.39 is 0 Å². The summed E-state index contributed by atoms with van der Waals surface area (Å²) in [5.41, 5.74) is 4.07. The van der Waals surface area contributed by atoms with Crippen molar-refractivity contribution in [2.75, 3.05) is 5.32 Å². The van der Waals surface area contributed by atoms with E-state index in [1.54, 1.807) is 6.20 Å². The third-order valence-electron chi connectivity index (χ3n) is 4.79. The van der Waals surface area contributed by atoms with Gasteiger partial charge in [0.15, 0.2) is 0 Å². The third kappa shape index (κ3) is 3.27. The summed E-state index contributed by atoms with van der Waals surface area (Å²) in [4.78, 5) is 16.8. The zero-order valence-corrected chi connectivity index (χ0v) is 15.2. The Kier molecular flexibility index (Phi) is 4.32. The second kappa shape index (κ2) is 6.78. The molecule has 1 aliphatic heterocycles. The van der Waals surface area contributed by atoms with Gasteiger partial charge in [-0.1, -0.05) is 12.1 Å². The van der Waals surface area contributed by atoms with Crippen molar-refractivity contribution in [2.45, 2.75) is 46.1 Å². The first-order valence-corrected chi connectivity index (χ1v) is 9.07. The van der Waals surface area contributed by atoms with E-state index in [2.05, 4.69) is 20.0 Å². The van der Waals surface area contributed by atoms with Crippen molar-refractivity contribution < 1.29 is 4.79 Å². The molecule has 1 amide bonds. The number of imidazole rings is 1. The van der Waals surface area contributed by atoms with Gasteiger partial charge in [0.05, 0.1) is 24.0 Å². The van der Waals surface area contributed by atoms with Gasteiger partial charge in [-0.2, -0.15) is 5.10 Å². The predicted octanol–water partition coefficient (Wildman–Crippen LogP) is 3.20. The molecule has 3 heterocycles. The fourth-order valence-electron chi connectivity index (χ4n) is 3.53. The van der Waals surface area contributed by atoms with Crippen molar-refractivity contribution in [2.24, 2.45) is 0 Å². The number of aromatic nitrogens is 4. The zero-order valence-electron chi connectivity index (χ0n) is 15.2. The van der Waals surface area contributed by atoms with Crippen molar-refractivity contribution in [3.8, 4) is 5.69 Å². The summed E-state index contributed by atoms with van der Waals surface area (Å²) in [7, 11) is 0. The number of anilines is 1. The molecular formula is C20H23N5O. The molecule has 0 spiro atoms. The largest absolute Gasteiger partial charge is 0.315 e. The first kappa shape index (κ1) is 16.6. The molecule has 1 aromatic carbocycles. The van der Waals surface area contributed by atoms with E-state index in [0.29, 0.717) is 6.42 Å². The topological polar surface area (TPSA) is 64.7 Å². The maximum atomic E-state index is 12.4. The number of nitrogens with one attached hydrogen (secondary N) is 1. The Morgan fingerprint density at radius 2 is 2.00 bits per heavy atom. The summed E-state index contributed by atoms with van der Waals surface area (Å²) in [6.07, 6.45) is 5.41. The van der Waals surface area contributed by atoms with Crippen LogP contribution >= 0.6 is 0 Å². The number of amides is 1. The molecule has 0 unspecified atom stereocenters. The molecule has 1 N–H and O–H groups in total. The molecular weight excluding hydrogens is 326 g/mol. The van der Waals surface area contributed by atoms with Crippen LogP contribution in [0.25, 0.3) is 5.69 Å². The van der Waals surface area contributed by atoms with Crippen molar-refractivity contribution in [3.05, 3.63) is 59.3 Å². The monoisotopic (exact) mass is 349 g/mol. The average Bonchev–Trinajstić information content (AvgIpc) is 3.18. The van der Waals surface area contributed by atoms with Gasteiger partial charge in [0, 0.05) is 18.7 Å². The average molecular weight is 349 g/mol. The second-order valence-electron chi connectivity index (χ2n) is 6.90. The molecule has 0 atom stereocenters. The Hall–Kier alpha value is -2.89. The van der Waals surface area contributed by atoms with Crippen molar-refractivity contribution in [1.29, 1.82) is 0 Å². The molecule has 134 valence electrons. The summed E-state index contributed by atoms with van der Waals surface area (Å²) < 4.78 is 4.03. The summed E-state index contributed by atoms with van der Waals surface area (Å²) >= 11 is 0. The van der Waals surface area contributed by atoms with Gasteiger partial charge in [-0.05, 0) is 50.5 Å². The van der Waals surface area contributed by atoms with E-state index in [4.69, 9.17) is 0 Å². The molecule has 2 aromatic heterocycles. The molecule has 0 fully saturated rings. The lowest BCUT2D eigenvalue weighted by atomic mass is 10.1. The van der Waals surface area contributed by atoms with Gasteiger partial charge in [0.1, 0.15) is 11.6 Å². The lowest BCUT2D eigenvalue weighted by molar-refractivity contribution is -0.115. The van der Waals surface area contributed by atoms with Crippen LogP contribution in [0.5, 0.6) is 0 Å². The minimum Gasteiger partial charge on any atom is -0.315 e. The normalized spacial score (nSPS) is 13.5. The van der Waals surface area contributed by atoms with Gasteiger partial charge >= 0.3 is 0 Å². The van der Waals surface area contributed by atoms with Crippen LogP contribution in [0.4, 0.5) is 5.82 Å². The van der Waals surface area contributed by atoms with Crippen LogP contribution in [0.15, 0.2) is 36.5 Å². The molecule has 26 heavy (non-hydrogen) atoms. The first-order valence-electron chi connectivity index (χ1n) is 9.07. The molecule has 4 rings (SSSR count).